The highest BCUT2D eigenvalue weighted by molar-refractivity contribution is 9.09. The Balaban J connectivity index is 3.02. The molecule has 0 aliphatic carbocycles. The van der Waals surface area contributed by atoms with Crippen LogP contribution in [0.3, 0.4) is 0 Å². The molecule has 0 fully saturated rings. The Bertz CT molecular complexity index is 358. The summed E-state index contributed by atoms with van der Waals surface area (Å²) in [6.45, 7) is 5.56. The van der Waals surface area contributed by atoms with Crippen LogP contribution in [-0.4, -0.2) is 90.4 Å². The first kappa shape index (κ1) is 24.1. The van der Waals surface area contributed by atoms with Crippen LogP contribution in [-0.2, 0) is 28.5 Å². The van der Waals surface area contributed by atoms with Gasteiger partial charge in [-0.05, 0) is 5.53 Å². The van der Waals surface area contributed by atoms with Crippen LogP contribution in [0, 0.1) is 0 Å². The molecule has 0 saturated carbocycles. The number of carbonyl (C=O) groups excluding carboxylic acids is 1. The van der Waals surface area contributed by atoms with Crippen molar-refractivity contribution in [2.45, 2.75) is 0 Å². The fourth-order valence-electron chi connectivity index (χ4n) is 1.44. The van der Waals surface area contributed by atoms with Crippen LogP contribution < -0.4 is 5.32 Å². The van der Waals surface area contributed by atoms with Crippen molar-refractivity contribution in [3.05, 3.63) is 10.4 Å². The van der Waals surface area contributed by atoms with Gasteiger partial charge >= 0.3 is 0 Å². The van der Waals surface area contributed by atoms with Crippen LogP contribution in [0.4, 0.5) is 0 Å². The van der Waals surface area contributed by atoms with Crippen LogP contribution in [0.15, 0.2) is 5.11 Å². The Morgan fingerprint density at radius 2 is 1.28 bits per heavy atom. The minimum atomic E-state index is -0.0566. The summed E-state index contributed by atoms with van der Waals surface area (Å²) < 4.78 is 26.4. The maximum atomic E-state index is 10.9. The molecule has 0 atom stereocenters. The molecular weight excluding hydrogens is 400 g/mol. The molecule has 0 saturated heterocycles. The van der Waals surface area contributed by atoms with E-state index in [9.17, 15) is 4.79 Å². The third-order valence-corrected chi connectivity index (χ3v) is 3.09. The number of nitrogens with zero attached hydrogens (tertiary/aromatic N) is 3. The summed E-state index contributed by atoms with van der Waals surface area (Å²) in [5.74, 6) is -0.0566. The molecule has 0 unspecified atom stereocenters. The van der Waals surface area contributed by atoms with Crippen molar-refractivity contribution in [1.82, 2.24) is 5.32 Å². The van der Waals surface area contributed by atoms with Crippen LogP contribution >= 0.6 is 15.9 Å². The lowest BCUT2D eigenvalue weighted by molar-refractivity contribution is -0.118. The topological polar surface area (TPSA) is 124 Å². The molecule has 1 N–H and O–H groups in total. The number of halogens is 1. The largest absolute Gasteiger partial charge is 0.379 e. The predicted molar refractivity (Wildman–Crippen MR) is 94.9 cm³/mol. The fourth-order valence-corrected chi connectivity index (χ4v) is 1.64. The second kappa shape index (κ2) is 21.1. The van der Waals surface area contributed by atoms with Crippen molar-refractivity contribution in [1.29, 1.82) is 0 Å². The van der Waals surface area contributed by atoms with Crippen LogP contribution in [0.2, 0.25) is 0 Å². The lowest BCUT2D eigenvalue weighted by Gasteiger charge is -2.08. The fraction of sp³-hybridized carbons (Fsp3) is 0.929. The van der Waals surface area contributed by atoms with E-state index >= 15 is 0 Å². The smallest absolute Gasteiger partial charge is 0.230 e. The Morgan fingerprint density at radius 1 is 0.840 bits per heavy atom. The molecule has 0 aromatic heterocycles. The van der Waals surface area contributed by atoms with Gasteiger partial charge in [0.2, 0.25) is 5.91 Å². The van der Waals surface area contributed by atoms with Gasteiger partial charge in [0.05, 0.1) is 71.4 Å². The first-order chi connectivity index (χ1) is 12.3. The number of alkyl halides is 1. The number of hydrogen-bond donors (Lipinski definition) is 1. The van der Waals surface area contributed by atoms with E-state index in [0.29, 0.717) is 84.5 Å². The normalized spacial score (nSPS) is 10.4. The molecule has 0 bridgehead atoms. The first-order valence-corrected chi connectivity index (χ1v) is 9.15. The van der Waals surface area contributed by atoms with Gasteiger partial charge in [-0.2, -0.15) is 0 Å². The van der Waals surface area contributed by atoms with E-state index in [-0.39, 0.29) is 5.91 Å². The maximum Gasteiger partial charge on any atom is 0.230 e. The van der Waals surface area contributed by atoms with Crippen LogP contribution in [0.25, 0.3) is 10.4 Å². The quantitative estimate of drug-likeness (QED) is 0.107. The highest BCUT2D eigenvalue weighted by Crippen LogP contribution is 1.84. The Kier molecular flexibility index (Phi) is 20.3. The van der Waals surface area contributed by atoms with Gasteiger partial charge in [0.25, 0.3) is 0 Å². The van der Waals surface area contributed by atoms with E-state index in [1.54, 1.807) is 0 Å². The lowest BCUT2D eigenvalue weighted by Crippen LogP contribution is -2.28. The number of nitrogens with one attached hydrogen (secondary N) is 1. The van der Waals surface area contributed by atoms with Crippen molar-refractivity contribution in [3.8, 4) is 0 Å². The molecule has 1 amide bonds. The molecule has 0 aromatic rings. The third kappa shape index (κ3) is 21.0. The Hall–Kier alpha value is -0.940. The number of ether oxygens (including phenoxy) is 5. The molecule has 0 aliphatic heterocycles. The van der Waals surface area contributed by atoms with Gasteiger partial charge in [-0.1, -0.05) is 21.0 Å². The van der Waals surface area contributed by atoms with E-state index in [2.05, 4.69) is 31.3 Å². The summed E-state index contributed by atoms with van der Waals surface area (Å²) in [6.07, 6.45) is 0. The summed E-state index contributed by atoms with van der Waals surface area (Å²) in [5, 5.41) is 6.33. The van der Waals surface area contributed by atoms with Gasteiger partial charge in [0.15, 0.2) is 0 Å². The standard InChI is InChI=1S/C14H27BrN4O6/c15-13-14(20)17-1-3-21-5-7-23-9-11-25-12-10-24-8-6-22-4-2-18-19-16/h1-13H2,(H,17,20). The van der Waals surface area contributed by atoms with Crippen molar-refractivity contribution in [3.63, 3.8) is 0 Å². The Labute approximate surface area is 156 Å². The van der Waals surface area contributed by atoms with E-state index in [1.165, 1.54) is 0 Å². The molecule has 0 heterocycles. The summed E-state index contributed by atoms with van der Waals surface area (Å²) in [6, 6.07) is 0. The molecule has 0 spiro atoms. The SMILES string of the molecule is [N-]=[N+]=NCCOCCOCCOCCOCCOCCNC(=O)CBr. The van der Waals surface area contributed by atoms with E-state index in [0.717, 1.165) is 0 Å². The number of amides is 1. The van der Waals surface area contributed by atoms with Crippen molar-refractivity contribution >= 4 is 21.8 Å². The van der Waals surface area contributed by atoms with Crippen LogP contribution in [0.5, 0.6) is 0 Å². The minimum absolute atomic E-state index is 0.0566. The average Bonchev–Trinajstić information content (AvgIpc) is 2.63. The molecule has 0 rings (SSSR count). The summed E-state index contributed by atoms with van der Waals surface area (Å²) in [4.78, 5) is 13.5. The Morgan fingerprint density at radius 3 is 1.72 bits per heavy atom. The van der Waals surface area contributed by atoms with E-state index < -0.39 is 0 Å². The zero-order chi connectivity index (χ0) is 18.4. The second-order valence-corrected chi connectivity index (χ2v) is 5.06. The molecule has 11 heteroatoms. The van der Waals surface area contributed by atoms with E-state index in [1.807, 2.05) is 0 Å². The maximum absolute atomic E-state index is 10.9. The van der Waals surface area contributed by atoms with Gasteiger partial charge < -0.3 is 29.0 Å². The highest BCUT2D eigenvalue weighted by atomic mass is 79.9. The molecular formula is C14H27BrN4O6. The van der Waals surface area contributed by atoms with Crippen molar-refractivity contribution in [2.24, 2.45) is 5.11 Å². The first-order valence-electron chi connectivity index (χ1n) is 8.03. The average molecular weight is 427 g/mol. The summed E-state index contributed by atoms with van der Waals surface area (Å²) >= 11 is 3.06. The number of hydrogen-bond acceptors (Lipinski definition) is 7. The molecule has 10 nitrogen and oxygen atoms in total. The van der Waals surface area contributed by atoms with E-state index in [4.69, 9.17) is 29.2 Å². The lowest BCUT2D eigenvalue weighted by atomic mass is 10.6. The number of azide groups is 1. The van der Waals surface area contributed by atoms with Crippen molar-refractivity contribution in [2.75, 3.05) is 84.5 Å². The van der Waals surface area contributed by atoms with Gasteiger partial charge in [0, 0.05) is 18.0 Å². The van der Waals surface area contributed by atoms with Gasteiger partial charge in [-0.3, -0.25) is 4.79 Å². The monoisotopic (exact) mass is 426 g/mol. The second-order valence-electron chi connectivity index (χ2n) is 4.50. The number of carbonyl (C=O) groups is 1. The zero-order valence-electron chi connectivity index (χ0n) is 14.4. The van der Waals surface area contributed by atoms with Gasteiger partial charge in [-0.25, -0.2) is 0 Å². The summed E-state index contributed by atoms with van der Waals surface area (Å²) in [7, 11) is 0. The van der Waals surface area contributed by atoms with Crippen molar-refractivity contribution < 1.29 is 28.5 Å². The zero-order valence-corrected chi connectivity index (χ0v) is 15.9. The number of rotatable bonds is 19. The molecule has 0 radical (unpaired) electrons. The summed E-state index contributed by atoms with van der Waals surface area (Å²) in [5.41, 5.74) is 8.06. The molecule has 0 aromatic carbocycles. The van der Waals surface area contributed by atoms with Crippen LogP contribution in [0.1, 0.15) is 0 Å². The predicted octanol–water partition coefficient (Wildman–Crippen LogP) is 0.891. The van der Waals surface area contributed by atoms with Gasteiger partial charge in [-0.15, -0.1) is 0 Å². The molecule has 146 valence electrons. The molecule has 25 heavy (non-hydrogen) atoms. The highest BCUT2D eigenvalue weighted by Gasteiger charge is 1.96. The third-order valence-electron chi connectivity index (χ3n) is 2.58. The van der Waals surface area contributed by atoms with Gasteiger partial charge in [0.1, 0.15) is 0 Å². The minimum Gasteiger partial charge on any atom is -0.379 e. The molecule has 0 aliphatic rings.